The fraction of sp³-hybridized carbons (Fsp3) is 0.286. The molecular weight excluding hydrogens is 230 g/mol. The molecule has 0 spiro atoms. The molecule has 0 unspecified atom stereocenters. The average Bonchev–Trinajstić information content (AvgIpc) is 2.80. The number of phenolic OH excluding ortho intramolecular Hbond substituents is 1. The van der Waals surface area contributed by atoms with Crippen molar-refractivity contribution in [3.05, 3.63) is 51.7 Å². The zero-order chi connectivity index (χ0) is 12.1. The van der Waals surface area contributed by atoms with E-state index in [1.165, 1.54) is 15.3 Å². The summed E-state index contributed by atoms with van der Waals surface area (Å²) >= 11 is 1.87. The first kappa shape index (κ1) is 12.1. The van der Waals surface area contributed by atoms with Crippen LogP contribution in [-0.4, -0.2) is 5.11 Å². The van der Waals surface area contributed by atoms with Crippen molar-refractivity contribution < 1.29 is 5.11 Å². The molecule has 1 heterocycles. The molecule has 1 aromatic carbocycles. The van der Waals surface area contributed by atoms with E-state index in [4.69, 9.17) is 0 Å². The van der Waals surface area contributed by atoms with Gasteiger partial charge in [-0.15, -0.1) is 11.3 Å². The van der Waals surface area contributed by atoms with Crippen molar-refractivity contribution in [2.45, 2.75) is 26.4 Å². The lowest BCUT2D eigenvalue weighted by atomic mass is 10.2. The van der Waals surface area contributed by atoms with Gasteiger partial charge in [-0.1, -0.05) is 19.1 Å². The molecule has 0 bridgehead atoms. The predicted octanol–water partition coefficient (Wildman–Crippen LogP) is 3.31. The van der Waals surface area contributed by atoms with E-state index in [1.807, 2.05) is 23.5 Å². The molecule has 0 aliphatic rings. The monoisotopic (exact) mass is 247 g/mol. The van der Waals surface area contributed by atoms with E-state index in [0.29, 0.717) is 5.75 Å². The summed E-state index contributed by atoms with van der Waals surface area (Å²) in [6.45, 7) is 3.92. The Balaban J connectivity index is 1.81. The average molecular weight is 247 g/mol. The lowest BCUT2D eigenvalue weighted by molar-refractivity contribution is 0.475. The van der Waals surface area contributed by atoms with Gasteiger partial charge in [0.2, 0.25) is 0 Å². The van der Waals surface area contributed by atoms with E-state index in [2.05, 4.69) is 24.4 Å². The first-order valence-electron chi connectivity index (χ1n) is 5.84. The lowest BCUT2D eigenvalue weighted by Crippen LogP contribution is -2.11. The second kappa shape index (κ2) is 5.84. The molecule has 2 rings (SSSR count). The van der Waals surface area contributed by atoms with Gasteiger partial charge >= 0.3 is 0 Å². The van der Waals surface area contributed by atoms with Gasteiger partial charge in [0, 0.05) is 22.8 Å². The number of thiophene rings is 1. The first-order valence-corrected chi connectivity index (χ1v) is 6.66. The molecule has 0 saturated heterocycles. The summed E-state index contributed by atoms with van der Waals surface area (Å²) < 4.78 is 0. The molecule has 2 aromatic rings. The van der Waals surface area contributed by atoms with Gasteiger partial charge in [0.05, 0.1) is 0 Å². The molecule has 1 aromatic heterocycles. The van der Waals surface area contributed by atoms with Crippen LogP contribution >= 0.6 is 11.3 Å². The number of phenols is 1. The van der Waals surface area contributed by atoms with Gasteiger partial charge in [-0.05, 0) is 36.2 Å². The SMILES string of the molecule is CCc1ccc(CNCc2ccc(O)cc2)s1. The molecule has 2 nitrogen and oxygen atoms in total. The molecule has 0 atom stereocenters. The van der Waals surface area contributed by atoms with Crippen LogP contribution in [0, 0.1) is 0 Å². The highest BCUT2D eigenvalue weighted by molar-refractivity contribution is 7.11. The smallest absolute Gasteiger partial charge is 0.115 e. The summed E-state index contributed by atoms with van der Waals surface area (Å²) in [5.74, 6) is 0.319. The predicted molar refractivity (Wildman–Crippen MR) is 72.3 cm³/mol. The normalized spacial score (nSPS) is 10.6. The van der Waals surface area contributed by atoms with E-state index >= 15 is 0 Å². The Bertz CT molecular complexity index is 461. The van der Waals surface area contributed by atoms with Crippen LogP contribution in [0.4, 0.5) is 0 Å². The van der Waals surface area contributed by atoms with Crippen LogP contribution in [0.5, 0.6) is 5.75 Å². The van der Waals surface area contributed by atoms with Crippen molar-refractivity contribution in [2.24, 2.45) is 0 Å². The fourth-order valence-electron chi connectivity index (χ4n) is 1.65. The number of aromatic hydroxyl groups is 1. The largest absolute Gasteiger partial charge is 0.508 e. The van der Waals surface area contributed by atoms with Crippen molar-refractivity contribution in [3.63, 3.8) is 0 Å². The van der Waals surface area contributed by atoms with Crippen molar-refractivity contribution in [3.8, 4) is 5.75 Å². The van der Waals surface area contributed by atoms with E-state index in [0.717, 1.165) is 19.5 Å². The summed E-state index contributed by atoms with van der Waals surface area (Å²) in [5.41, 5.74) is 1.19. The summed E-state index contributed by atoms with van der Waals surface area (Å²) in [6.07, 6.45) is 1.11. The third kappa shape index (κ3) is 3.58. The molecule has 0 aliphatic carbocycles. The fourth-order valence-corrected chi connectivity index (χ4v) is 2.58. The van der Waals surface area contributed by atoms with Crippen molar-refractivity contribution in [2.75, 3.05) is 0 Å². The van der Waals surface area contributed by atoms with Crippen molar-refractivity contribution >= 4 is 11.3 Å². The van der Waals surface area contributed by atoms with Crippen LogP contribution in [0.15, 0.2) is 36.4 Å². The molecule has 17 heavy (non-hydrogen) atoms. The third-order valence-corrected chi connectivity index (χ3v) is 3.86. The molecular formula is C14H17NOS. The summed E-state index contributed by atoms with van der Waals surface area (Å²) in [5, 5.41) is 12.6. The van der Waals surface area contributed by atoms with Crippen LogP contribution in [0.2, 0.25) is 0 Å². The Morgan fingerprint density at radius 3 is 2.35 bits per heavy atom. The van der Waals surface area contributed by atoms with Crippen LogP contribution in [0.25, 0.3) is 0 Å². The highest BCUT2D eigenvalue weighted by Gasteiger charge is 1.98. The quantitative estimate of drug-likeness (QED) is 0.849. The molecule has 0 fully saturated rings. The molecule has 0 saturated carbocycles. The number of rotatable bonds is 5. The van der Waals surface area contributed by atoms with Gasteiger partial charge in [-0.25, -0.2) is 0 Å². The molecule has 90 valence electrons. The van der Waals surface area contributed by atoms with Gasteiger partial charge in [0.15, 0.2) is 0 Å². The standard InChI is InChI=1S/C14H17NOS/c1-2-13-7-8-14(17-13)10-15-9-11-3-5-12(16)6-4-11/h3-8,15-16H,2,9-10H2,1H3. The molecule has 0 amide bonds. The van der Waals surface area contributed by atoms with Crippen LogP contribution < -0.4 is 5.32 Å². The first-order chi connectivity index (χ1) is 8.28. The summed E-state index contributed by atoms with van der Waals surface area (Å²) in [4.78, 5) is 2.81. The zero-order valence-electron chi connectivity index (χ0n) is 9.94. The van der Waals surface area contributed by atoms with Crippen LogP contribution in [-0.2, 0) is 19.5 Å². The Morgan fingerprint density at radius 2 is 1.71 bits per heavy atom. The van der Waals surface area contributed by atoms with Gasteiger partial charge in [-0.3, -0.25) is 0 Å². The minimum Gasteiger partial charge on any atom is -0.508 e. The zero-order valence-corrected chi connectivity index (χ0v) is 10.8. The number of hydrogen-bond donors (Lipinski definition) is 2. The Hall–Kier alpha value is -1.32. The molecule has 0 radical (unpaired) electrons. The maximum absolute atomic E-state index is 9.17. The van der Waals surface area contributed by atoms with Crippen molar-refractivity contribution in [1.82, 2.24) is 5.32 Å². The topological polar surface area (TPSA) is 32.3 Å². The minimum absolute atomic E-state index is 0.319. The Morgan fingerprint density at radius 1 is 1.00 bits per heavy atom. The van der Waals surface area contributed by atoms with Crippen LogP contribution in [0.1, 0.15) is 22.2 Å². The number of aryl methyl sites for hydroxylation is 1. The van der Waals surface area contributed by atoms with Crippen molar-refractivity contribution in [1.29, 1.82) is 0 Å². The lowest BCUT2D eigenvalue weighted by Gasteiger charge is -2.03. The van der Waals surface area contributed by atoms with Gasteiger partial charge in [0.25, 0.3) is 0 Å². The second-order valence-electron chi connectivity index (χ2n) is 3.99. The molecule has 2 N–H and O–H groups in total. The second-order valence-corrected chi connectivity index (χ2v) is 5.24. The van der Waals surface area contributed by atoms with E-state index in [9.17, 15) is 5.11 Å². The number of hydrogen-bond acceptors (Lipinski definition) is 3. The molecule has 3 heteroatoms. The highest BCUT2D eigenvalue weighted by Crippen LogP contribution is 2.16. The third-order valence-electron chi connectivity index (χ3n) is 2.63. The minimum atomic E-state index is 0.319. The summed E-state index contributed by atoms with van der Waals surface area (Å²) in [6, 6.07) is 11.7. The van der Waals surface area contributed by atoms with E-state index in [-0.39, 0.29) is 0 Å². The molecule has 0 aliphatic heterocycles. The van der Waals surface area contributed by atoms with E-state index < -0.39 is 0 Å². The highest BCUT2D eigenvalue weighted by atomic mass is 32.1. The Kier molecular flexibility index (Phi) is 4.18. The van der Waals surface area contributed by atoms with Gasteiger partial charge in [0.1, 0.15) is 5.75 Å². The number of nitrogens with one attached hydrogen (secondary N) is 1. The van der Waals surface area contributed by atoms with Crippen LogP contribution in [0.3, 0.4) is 0 Å². The maximum Gasteiger partial charge on any atom is 0.115 e. The van der Waals surface area contributed by atoms with E-state index in [1.54, 1.807) is 12.1 Å². The summed E-state index contributed by atoms with van der Waals surface area (Å²) in [7, 11) is 0. The Labute approximate surface area is 106 Å². The van der Waals surface area contributed by atoms with Gasteiger partial charge in [-0.2, -0.15) is 0 Å². The van der Waals surface area contributed by atoms with Gasteiger partial charge < -0.3 is 10.4 Å². The number of benzene rings is 1. The maximum atomic E-state index is 9.17.